The lowest BCUT2D eigenvalue weighted by Crippen LogP contribution is -2.53. The number of nitrogens with zero attached hydrogens (tertiary/aromatic N) is 2. The van der Waals surface area contributed by atoms with Crippen LogP contribution in [0.25, 0.3) is 0 Å². The van der Waals surface area contributed by atoms with Crippen LogP contribution in [0.1, 0.15) is 19.4 Å². The van der Waals surface area contributed by atoms with Crippen molar-refractivity contribution in [2.75, 3.05) is 16.3 Å². The fraction of sp³-hybridized carbons (Fsp3) is 0.231. The van der Waals surface area contributed by atoms with Crippen LogP contribution in [0.5, 0.6) is 0 Å². The molecule has 0 saturated heterocycles. The molecule has 1 unspecified atom stereocenters. The predicted molar refractivity (Wildman–Crippen MR) is 135 cm³/mol. The number of carbonyl (C=O) groups is 2. The summed E-state index contributed by atoms with van der Waals surface area (Å²) in [7, 11) is 0. The van der Waals surface area contributed by atoms with Gasteiger partial charge < -0.3 is 15.1 Å². The summed E-state index contributed by atoms with van der Waals surface area (Å²) in [5.41, 5.74) is 3.38. The smallest absolute Gasteiger partial charge is 0.251 e. The zero-order chi connectivity index (χ0) is 23.5. The van der Waals surface area contributed by atoms with E-state index in [1.165, 1.54) is 0 Å². The Balaban J connectivity index is 1.68. The maximum Gasteiger partial charge on any atom is 0.251 e. The van der Waals surface area contributed by atoms with Gasteiger partial charge in [0.25, 0.3) is 5.91 Å². The Morgan fingerprint density at radius 2 is 1.58 bits per heavy atom. The van der Waals surface area contributed by atoms with Gasteiger partial charge in [-0.15, -0.1) is 0 Å². The largest absolute Gasteiger partial charge is 0.342 e. The average Bonchev–Trinajstić information content (AvgIpc) is 2.88. The Kier molecular flexibility index (Phi) is 6.91. The second-order valence-corrected chi connectivity index (χ2v) is 9.18. The van der Waals surface area contributed by atoms with E-state index in [1.54, 1.807) is 23.1 Å². The number of hydrogen-bond acceptors (Lipinski definition) is 3. The summed E-state index contributed by atoms with van der Waals surface area (Å²) in [6, 6.07) is 21.9. The minimum absolute atomic E-state index is 0.0734. The minimum atomic E-state index is -0.734. The summed E-state index contributed by atoms with van der Waals surface area (Å²) in [6.45, 7) is 4.25. The first kappa shape index (κ1) is 23.1. The number of nitrogens with one attached hydrogen (secondary N) is 1. The molecular weight excluding hydrogens is 457 g/mol. The van der Waals surface area contributed by atoms with Gasteiger partial charge in [0.05, 0.1) is 24.3 Å². The van der Waals surface area contributed by atoms with E-state index in [0.717, 1.165) is 17.1 Å². The molecule has 1 aliphatic rings. The Bertz CT molecular complexity index is 1150. The number of carbonyl (C=O) groups excluding carboxylic acids is 2. The molecule has 0 radical (unpaired) electrons. The normalized spacial score (nSPS) is 15.9. The van der Waals surface area contributed by atoms with Crippen molar-refractivity contribution in [3.8, 4) is 0 Å². The summed E-state index contributed by atoms with van der Waals surface area (Å²) in [4.78, 5) is 30.5. The number of rotatable bonds is 5. The van der Waals surface area contributed by atoms with Crippen molar-refractivity contribution >= 4 is 52.1 Å². The van der Waals surface area contributed by atoms with Crippen LogP contribution in [0.3, 0.4) is 0 Å². The summed E-state index contributed by atoms with van der Waals surface area (Å²) < 4.78 is 0. The van der Waals surface area contributed by atoms with Gasteiger partial charge in [-0.05, 0) is 61.9 Å². The van der Waals surface area contributed by atoms with Crippen molar-refractivity contribution < 1.29 is 9.59 Å². The molecule has 1 aliphatic heterocycles. The SMILES string of the molecule is CC(C)N1C(=O)C(NC(=O)Cc2cc(Cl)cc(Cl)c2)CN(c2ccccc2)c2ccccc21. The Morgan fingerprint density at radius 3 is 2.21 bits per heavy atom. The zero-order valence-electron chi connectivity index (χ0n) is 18.5. The Labute approximate surface area is 203 Å². The maximum absolute atomic E-state index is 13.7. The summed E-state index contributed by atoms with van der Waals surface area (Å²) in [5, 5.41) is 3.89. The highest BCUT2D eigenvalue weighted by Crippen LogP contribution is 2.38. The van der Waals surface area contributed by atoms with E-state index in [0.29, 0.717) is 22.2 Å². The van der Waals surface area contributed by atoms with E-state index >= 15 is 0 Å². The van der Waals surface area contributed by atoms with Crippen molar-refractivity contribution in [2.45, 2.75) is 32.4 Å². The lowest BCUT2D eigenvalue weighted by atomic mass is 10.1. The molecule has 2 amide bonds. The van der Waals surface area contributed by atoms with Crippen LogP contribution in [-0.4, -0.2) is 30.4 Å². The molecule has 1 heterocycles. The van der Waals surface area contributed by atoms with Crippen LogP contribution < -0.4 is 15.1 Å². The van der Waals surface area contributed by atoms with E-state index < -0.39 is 6.04 Å². The zero-order valence-corrected chi connectivity index (χ0v) is 20.0. The average molecular weight is 482 g/mol. The van der Waals surface area contributed by atoms with Crippen molar-refractivity contribution in [2.24, 2.45) is 0 Å². The molecule has 0 aliphatic carbocycles. The molecule has 0 fully saturated rings. The molecular formula is C26H25Cl2N3O2. The van der Waals surface area contributed by atoms with Gasteiger partial charge in [-0.3, -0.25) is 9.59 Å². The molecule has 4 rings (SSSR count). The molecule has 7 heteroatoms. The van der Waals surface area contributed by atoms with Crippen molar-refractivity contribution in [1.82, 2.24) is 5.32 Å². The molecule has 0 spiro atoms. The van der Waals surface area contributed by atoms with Gasteiger partial charge in [0.1, 0.15) is 6.04 Å². The van der Waals surface area contributed by atoms with Crippen molar-refractivity contribution in [3.05, 3.63) is 88.4 Å². The number of para-hydroxylation sites is 3. The van der Waals surface area contributed by atoms with Gasteiger partial charge >= 0.3 is 0 Å². The molecule has 0 aromatic heterocycles. The number of amides is 2. The number of benzene rings is 3. The van der Waals surface area contributed by atoms with Crippen LogP contribution in [0.4, 0.5) is 17.1 Å². The second-order valence-electron chi connectivity index (χ2n) is 8.31. The van der Waals surface area contributed by atoms with E-state index in [1.807, 2.05) is 68.4 Å². The van der Waals surface area contributed by atoms with Crippen molar-refractivity contribution in [3.63, 3.8) is 0 Å². The topological polar surface area (TPSA) is 52.7 Å². The first-order valence-electron chi connectivity index (χ1n) is 10.8. The van der Waals surface area contributed by atoms with Gasteiger partial charge in [0.15, 0.2) is 0 Å². The summed E-state index contributed by atoms with van der Waals surface area (Å²) >= 11 is 12.2. The van der Waals surface area contributed by atoms with Crippen LogP contribution in [0, 0.1) is 0 Å². The van der Waals surface area contributed by atoms with E-state index in [2.05, 4.69) is 10.2 Å². The fourth-order valence-electron chi connectivity index (χ4n) is 4.18. The third-order valence-electron chi connectivity index (χ3n) is 5.54. The molecule has 3 aromatic rings. The van der Waals surface area contributed by atoms with Gasteiger partial charge in [-0.25, -0.2) is 0 Å². The molecule has 0 saturated carbocycles. The van der Waals surface area contributed by atoms with Crippen LogP contribution in [-0.2, 0) is 16.0 Å². The van der Waals surface area contributed by atoms with Gasteiger partial charge in [-0.1, -0.05) is 53.5 Å². The first-order chi connectivity index (χ1) is 15.8. The van der Waals surface area contributed by atoms with Gasteiger partial charge in [-0.2, -0.15) is 0 Å². The standard InChI is InChI=1S/C26H25Cl2N3O2/c1-17(2)31-24-11-7-6-10-23(24)30(21-8-4-3-5-9-21)16-22(26(31)33)29-25(32)14-18-12-19(27)15-20(28)13-18/h3-13,15,17,22H,14,16H2,1-2H3,(H,29,32). The van der Waals surface area contributed by atoms with Crippen LogP contribution in [0.2, 0.25) is 10.0 Å². The van der Waals surface area contributed by atoms with Gasteiger partial charge in [0, 0.05) is 21.8 Å². The number of anilines is 3. The number of halogens is 2. The molecule has 0 bridgehead atoms. The monoisotopic (exact) mass is 481 g/mol. The lowest BCUT2D eigenvalue weighted by Gasteiger charge is -2.29. The second kappa shape index (κ2) is 9.86. The minimum Gasteiger partial charge on any atom is -0.342 e. The molecule has 5 nitrogen and oxygen atoms in total. The van der Waals surface area contributed by atoms with Gasteiger partial charge in [0.2, 0.25) is 5.91 Å². The van der Waals surface area contributed by atoms with Crippen LogP contribution >= 0.6 is 23.2 Å². The van der Waals surface area contributed by atoms with E-state index in [4.69, 9.17) is 23.2 Å². The molecule has 33 heavy (non-hydrogen) atoms. The van der Waals surface area contributed by atoms with Crippen molar-refractivity contribution in [1.29, 1.82) is 0 Å². The maximum atomic E-state index is 13.7. The third kappa shape index (κ3) is 5.15. The molecule has 170 valence electrons. The molecule has 1 N–H and O–H groups in total. The van der Waals surface area contributed by atoms with E-state index in [9.17, 15) is 9.59 Å². The predicted octanol–water partition coefficient (Wildman–Crippen LogP) is 5.61. The Morgan fingerprint density at radius 1 is 0.970 bits per heavy atom. The number of hydrogen-bond donors (Lipinski definition) is 1. The Hall–Kier alpha value is -3.02. The summed E-state index contributed by atoms with van der Waals surface area (Å²) in [5.74, 6) is -0.414. The summed E-state index contributed by atoms with van der Waals surface area (Å²) in [6.07, 6.45) is 0.0734. The first-order valence-corrected chi connectivity index (χ1v) is 11.6. The third-order valence-corrected chi connectivity index (χ3v) is 5.98. The van der Waals surface area contributed by atoms with E-state index in [-0.39, 0.29) is 24.3 Å². The highest BCUT2D eigenvalue weighted by Gasteiger charge is 2.36. The fourth-order valence-corrected chi connectivity index (χ4v) is 4.75. The number of fused-ring (bicyclic) bond motifs is 1. The highest BCUT2D eigenvalue weighted by atomic mass is 35.5. The van der Waals surface area contributed by atoms with Crippen LogP contribution in [0.15, 0.2) is 72.8 Å². The highest BCUT2D eigenvalue weighted by molar-refractivity contribution is 6.34. The molecule has 3 aromatic carbocycles. The molecule has 1 atom stereocenters. The lowest BCUT2D eigenvalue weighted by molar-refractivity contribution is -0.127. The quantitative estimate of drug-likeness (QED) is 0.514.